The highest BCUT2D eigenvalue weighted by atomic mass is 32.2. The largest absolute Gasteiger partial charge is 0.293 e. The van der Waals surface area contributed by atoms with Crippen molar-refractivity contribution < 1.29 is 4.79 Å². The van der Waals surface area contributed by atoms with Gasteiger partial charge >= 0.3 is 0 Å². The molecule has 19 heavy (non-hydrogen) atoms. The van der Waals surface area contributed by atoms with Gasteiger partial charge in [-0.2, -0.15) is 4.37 Å². The molecule has 1 aromatic heterocycles. The summed E-state index contributed by atoms with van der Waals surface area (Å²) in [5, 5.41) is 0. The highest BCUT2D eigenvalue weighted by molar-refractivity contribution is 8.01. The first-order valence-electron chi connectivity index (χ1n) is 6.30. The van der Waals surface area contributed by atoms with Crippen LogP contribution in [-0.2, 0) is 12.8 Å². The maximum Gasteiger partial charge on any atom is 0.173 e. The number of Topliss-reactive ketones (excluding diaryl/α,β-unsaturated/α-hetero) is 1. The second-order valence-corrected chi connectivity index (χ2v) is 6.07. The maximum atomic E-state index is 12.0. The van der Waals surface area contributed by atoms with Crippen molar-refractivity contribution >= 4 is 29.1 Å². The molecular formula is C14H16N2OS2. The molecule has 0 fully saturated rings. The van der Waals surface area contributed by atoms with Crippen LogP contribution in [0.3, 0.4) is 0 Å². The van der Waals surface area contributed by atoms with Gasteiger partial charge in [-0.15, -0.1) is 0 Å². The number of nitrogens with zero attached hydrogens (tertiary/aromatic N) is 2. The lowest BCUT2D eigenvalue weighted by Crippen LogP contribution is -2.02. The Balaban J connectivity index is 1.93. The van der Waals surface area contributed by atoms with Crippen LogP contribution in [0.4, 0.5) is 0 Å². The zero-order valence-electron chi connectivity index (χ0n) is 11.0. The highest BCUT2D eigenvalue weighted by Gasteiger charge is 2.09. The molecule has 0 aliphatic carbocycles. The number of hydrogen-bond acceptors (Lipinski definition) is 5. The standard InChI is InChI=1S/C14H16N2OS2/c1-3-10-5-7-11(8-6-10)12(17)9-18-14-15-13(4-2)16-19-14/h5-8H,3-4,9H2,1-2H3. The Morgan fingerprint density at radius 2 is 1.95 bits per heavy atom. The molecule has 0 N–H and O–H groups in total. The molecule has 0 aliphatic heterocycles. The molecule has 0 atom stereocenters. The second kappa shape index (κ2) is 6.82. The summed E-state index contributed by atoms with van der Waals surface area (Å²) in [6.07, 6.45) is 1.83. The SMILES string of the molecule is CCc1ccc(C(=O)CSc2nc(CC)ns2)cc1. The normalized spacial score (nSPS) is 10.6. The minimum Gasteiger partial charge on any atom is -0.293 e. The van der Waals surface area contributed by atoms with Crippen molar-refractivity contribution in [1.29, 1.82) is 0 Å². The molecule has 2 aromatic rings. The first-order chi connectivity index (χ1) is 9.22. The Kier molecular flexibility index (Phi) is 5.10. The Morgan fingerprint density at radius 3 is 2.53 bits per heavy atom. The molecule has 1 heterocycles. The van der Waals surface area contributed by atoms with E-state index in [-0.39, 0.29) is 5.78 Å². The number of rotatable bonds is 6. The van der Waals surface area contributed by atoms with E-state index in [0.29, 0.717) is 5.75 Å². The van der Waals surface area contributed by atoms with Gasteiger partial charge < -0.3 is 0 Å². The van der Waals surface area contributed by atoms with Gasteiger partial charge in [-0.25, -0.2) is 4.98 Å². The van der Waals surface area contributed by atoms with Crippen LogP contribution < -0.4 is 0 Å². The van der Waals surface area contributed by atoms with Crippen LogP contribution in [0.5, 0.6) is 0 Å². The number of aromatic nitrogens is 2. The van der Waals surface area contributed by atoms with E-state index >= 15 is 0 Å². The average Bonchev–Trinajstić information content (AvgIpc) is 2.93. The van der Waals surface area contributed by atoms with Crippen LogP contribution in [0.1, 0.15) is 35.6 Å². The lowest BCUT2D eigenvalue weighted by atomic mass is 10.1. The summed E-state index contributed by atoms with van der Waals surface area (Å²) in [5.41, 5.74) is 2.02. The Labute approximate surface area is 121 Å². The molecule has 1 aromatic carbocycles. The third-order valence-electron chi connectivity index (χ3n) is 2.78. The molecule has 0 radical (unpaired) electrons. The molecule has 0 amide bonds. The van der Waals surface area contributed by atoms with E-state index in [1.54, 1.807) is 0 Å². The van der Waals surface area contributed by atoms with Gasteiger partial charge in [-0.05, 0) is 23.5 Å². The summed E-state index contributed by atoms with van der Waals surface area (Å²) in [5.74, 6) is 1.41. The molecule has 0 saturated heterocycles. The van der Waals surface area contributed by atoms with Crippen molar-refractivity contribution in [3.63, 3.8) is 0 Å². The highest BCUT2D eigenvalue weighted by Crippen LogP contribution is 2.21. The number of aryl methyl sites for hydroxylation is 2. The van der Waals surface area contributed by atoms with Crippen LogP contribution >= 0.6 is 23.3 Å². The van der Waals surface area contributed by atoms with E-state index in [1.165, 1.54) is 28.9 Å². The maximum absolute atomic E-state index is 12.0. The lowest BCUT2D eigenvalue weighted by molar-refractivity contribution is 0.102. The van der Waals surface area contributed by atoms with Crippen LogP contribution in [-0.4, -0.2) is 20.9 Å². The summed E-state index contributed by atoms with van der Waals surface area (Å²) >= 11 is 2.83. The minimum absolute atomic E-state index is 0.140. The van der Waals surface area contributed by atoms with Crippen molar-refractivity contribution in [3.8, 4) is 0 Å². The van der Waals surface area contributed by atoms with Gasteiger partial charge in [-0.1, -0.05) is 49.9 Å². The average molecular weight is 292 g/mol. The van der Waals surface area contributed by atoms with Gasteiger partial charge in [0.2, 0.25) is 0 Å². The van der Waals surface area contributed by atoms with E-state index in [4.69, 9.17) is 0 Å². The van der Waals surface area contributed by atoms with E-state index in [0.717, 1.165) is 28.6 Å². The summed E-state index contributed by atoms with van der Waals surface area (Å²) in [4.78, 5) is 16.4. The smallest absolute Gasteiger partial charge is 0.173 e. The van der Waals surface area contributed by atoms with E-state index in [2.05, 4.69) is 16.3 Å². The zero-order chi connectivity index (χ0) is 13.7. The van der Waals surface area contributed by atoms with Gasteiger partial charge in [0.05, 0.1) is 5.75 Å². The number of benzene rings is 1. The number of ketones is 1. The Morgan fingerprint density at radius 1 is 1.21 bits per heavy atom. The fourth-order valence-corrected chi connectivity index (χ4v) is 3.17. The fourth-order valence-electron chi connectivity index (χ4n) is 1.58. The number of carbonyl (C=O) groups excluding carboxylic acids is 1. The number of thioether (sulfide) groups is 1. The number of hydrogen-bond donors (Lipinski definition) is 0. The van der Waals surface area contributed by atoms with Crippen LogP contribution in [0.15, 0.2) is 28.6 Å². The third kappa shape index (κ3) is 3.88. The Hall–Kier alpha value is -1.20. The van der Waals surface area contributed by atoms with Gasteiger partial charge in [0, 0.05) is 12.0 Å². The van der Waals surface area contributed by atoms with Crippen molar-refractivity contribution in [2.24, 2.45) is 0 Å². The van der Waals surface area contributed by atoms with Gasteiger partial charge in [0.25, 0.3) is 0 Å². The summed E-state index contributed by atoms with van der Waals surface area (Å²) in [6.45, 7) is 4.13. The fraction of sp³-hybridized carbons (Fsp3) is 0.357. The quantitative estimate of drug-likeness (QED) is 0.602. The molecule has 0 aliphatic rings. The van der Waals surface area contributed by atoms with Crippen LogP contribution in [0.2, 0.25) is 0 Å². The van der Waals surface area contributed by atoms with E-state index < -0.39 is 0 Å². The summed E-state index contributed by atoms with van der Waals surface area (Å²) in [7, 11) is 0. The topological polar surface area (TPSA) is 42.9 Å². The molecule has 5 heteroatoms. The molecule has 2 rings (SSSR count). The molecule has 100 valence electrons. The first kappa shape index (κ1) is 14.2. The lowest BCUT2D eigenvalue weighted by Gasteiger charge is -2.01. The van der Waals surface area contributed by atoms with Crippen molar-refractivity contribution in [2.45, 2.75) is 31.0 Å². The van der Waals surface area contributed by atoms with Crippen LogP contribution in [0, 0.1) is 0 Å². The number of carbonyl (C=O) groups is 1. The molecular weight excluding hydrogens is 276 g/mol. The van der Waals surface area contributed by atoms with Crippen LogP contribution in [0.25, 0.3) is 0 Å². The van der Waals surface area contributed by atoms with E-state index in [1.807, 2.05) is 31.2 Å². The zero-order valence-corrected chi connectivity index (χ0v) is 12.7. The second-order valence-electron chi connectivity index (χ2n) is 4.09. The predicted octanol–water partition coefficient (Wildman–Crippen LogP) is 3.64. The van der Waals surface area contributed by atoms with Crippen molar-refractivity contribution in [1.82, 2.24) is 9.36 Å². The van der Waals surface area contributed by atoms with E-state index in [9.17, 15) is 4.79 Å². The molecule has 0 spiro atoms. The van der Waals surface area contributed by atoms with Gasteiger partial charge in [0.15, 0.2) is 10.1 Å². The molecule has 0 saturated carbocycles. The molecule has 0 bridgehead atoms. The van der Waals surface area contributed by atoms with Crippen molar-refractivity contribution in [3.05, 3.63) is 41.2 Å². The predicted molar refractivity (Wildman–Crippen MR) is 80.2 cm³/mol. The third-order valence-corrected chi connectivity index (χ3v) is 4.65. The van der Waals surface area contributed by atoms with Crippen molar-refractivity contribution in [2.75, 3.05) is 5.75 Å². The van der Waals surface area contributed by atoms with Gasteiger partial charge in [-0.3, -0.25) is 4.79 Å². The minimum atomic E-state index is 0.140. The summed E-state index contributed by atoms with van der Waals surface area (Å²) < 4.78 is 5.08. The van der Waals surface area contributed by atoms with Gasteiger partial charge in [0.1, 0.15) is 5.82 Å². The Bertz CT molecular complexity index is 549. The molecule has 0 unspecified atom stereocenters. The summed E-state index contributed by atoms with van der Waals surface area (Å²) in [6, 6.07) is 7.83. The first-order valence-corrected chi connectivity index (χ1v) is 8.06. The monoisotopic (exact) mass is 292 g/mol. The molecule has 3 nitrogen and oxygen atoms in total.